The summed E-state index contributed by atoms with van der Waals surface area (Å²) in [6, 6.07) is 74.3. The zero-order chi connectivity index (χ0) is 42.9. The van der Waals surface area contributed by atoms with Gasteiger partial charge >= 0.3 is 0 Å². The van der Waals surface area contributed by atoms with Gasteiger partial charge in [-0.3, -0.25) is 0 Å². The fourth-order valence-electron chi connectivity index (χ4n) is 11.3. The van der Waals surface area contributed by atoms with Gasteiger partial charge in [0.25, 0.3) is 0 Å². The summed E-state index contributed by atoms with van der Waals surface area (Å²) in [5.41, 5.74) is 20.4. The Morgan fingerprint density at radius 3 is 1.45 bits per heavy atom. The molecule has 2 aliphatic carbocycles. The predicted octanol–water partition coefficient (Wildman–Crippen LogP) is 17.3. The summed E-state index contributed by atoms with van der Waals surface area (Å²) >= 11 is 0. The van der Waals surface area contributed by atoms with Crippen molar-refractivity contribution in [2.75, 3.05) is 4.90 Å². The van der Waals surface area contributed by atoms with Gasteiger partial charge in [0, 0.05) is 38.4 Å². The summed E-state index contributed by atoms with van der Waals surface area (Å²) in [5, 5.41) is 7.28. The minimum atomic E-state index is -0.241. The van der Waals surface area contributed by atoms with E-state index in [-0.39, 0.29) is 10.8 Å². The van der Waals surface area contributed by atoms with Crippen LogP contribution in [0.25, 0.3) is 88.0 Å². The number of nitrogens with zero attached hydrogens (tertiary/aromatic N) is 1. The van der Waals surface area contributed by atoms with E-state index in [4.69, 9.17) is 4.42 Å². The fourth-order valence-corrected chi connectivity index (χ4v) is 11.3. The van der Waals surface area contributed by atoms with Crippen molar-refractivity contribution in [1.29, 1.82) is 0 Å². The Bertz CT molecular complexity index is 3740. The number of fused-ring (bicyclic) bond motifs is 12. The molecule has 13 rings (SSSR count). The predicted molar refractivity (Wildman–Crippen MR) is 269 cm³/mol. The van der Waals surface area contributed by atoms with Gasteiger partial charge in [-0.1, -0.05) is 167 Å². The van der Waals surface area contributed by atoms with Crippen molar-refractivity contribution in [2.24, 2.45) is 0 Å². The van der Waals surface area contributed by atoms with E-state index in [9.17, 15) is 0 Å². The van der Waals surface area contributed by atoms with Crippen LogP contribution in [0.15, 0.2) is 205 Å². The third-order valence-electron chi connectivity index (χ3n) is 14.6. The normalized spacial score (nSPS) is 14.2. The molecule has 0 atom stereocenters. The highest BCUT2D eigenvalue weighted by atomic mass is 16.3. The molecule has 2 aliphatic rings. The van der Waals surface area contributed by atoms with E-state index in [2.05, 4.69) is 221 Å². The number of hydrogen-bond acceptors (Lipinski definition) is 2. The number of para-hydroxylation sites is 1. The molecule has 0 aliphatic heterocycles. The third kappa shape index (κ3) is 5.32. The van der Waals surface area contributed by atoms with Crippen LogP contribution in [0.1, 0.15) is 49.9 Å². The Kier molecular flexibility index (Phi) is 7.74. The number of rotatable bonds is 5. The smallest absolute Gasteiger partial charge is 0.136 e. The van der Waals surface area contributed by atoms with Gasteiger partial charge in [0.2, 0.25) is 0 Å². The molecule has 0 amide bonds. The molecule has 1 aromatic heterocycles. The first-order chi connectivity index (χ1) is 31.2. The maximum atomic E-state index is 6.33. The first kappa shape index (κ1) is 36.9. The molecule has 2 nitrogen and oxygen atoms in total. The SMILES string of the molecule is CC1(C)c2cc(-c3ccccc3)ccc2-c2ccc(N(c3ccc4c(c3)C(C)(C)c3cc(-c5ccc6c(c5)oc5ccccc56)ccc3-4)c3cc4ccccc4c4ccccc34)cc21. The lowest BCUT2D eigenvalue weighted by molar-refractivity contribution is 0.660. The highest BCUT2D eigenvalue weighted by Crippen LogP contribution is 2.55. The van der Waals surface area contributed by atoms with Crippen LogP contribution in [0, 0.1) is 0 Å². The number of anilines is 3. The second kappa shape index (κ2) is 13.4. The number of hydrogen-bond donors (Lipinski definition) is 0. The van der Waals surface area contributed by atoms with Crippen LogP contribution in [0.5, 0.6) is 0 Å². The van der Waals surface area contributed by atoms with Gasteiger partial charge in [0.1, 0.15) is 11.2 Å². The summed E-state index contributed by atoms with van der Waals surface area (Å²) in [6.45, 7) is 9.57. The maximum absolute atomic E-state index is 6.33. The molecule has 0 N–H and O–H groups in total. The largest absolute Gasteiger partial charge is 0.456 e. The standard InChI is InChI=1S/C62H45NO/c1-61(2)54-32-39(38-14-6-5-7-15-38)22-27-47(54)49-30-25-43(36-56(49)61)63(58-34-42-16-8-9-17-45(42)46-18-10-11-19-51(46)58)44-26-31-50-48-28-23-40(33-55(48)62(3,4)57(50)37-44)41-24-29-53-52-20-12-13-21-59(52)64-60(53)35-41/h5-37H,1-4H3. The molecule has 11 aromatic rings. The third-order valence-corrected chi connectivity index (χ3v) is 14.6. The minimum Gasteiger partial charge on any atom is -0.456 e. The lowest BCUT2D eigenvalue weighted by Gasteiger charge is -2.31. The van der Waals surface area contributed by atoms with Crippen molar-refractivity contribution in [2.45, 2.75) is 38.5 Å². The van der Waals surface area contributed by atoms with Crippen molar-refractivity contribution in [1.82, 2.24) is 0 Å². The highest BCUT2D eigenvalue weighted by Gasteiger charge is 2.38. The average Bonchev–Trinajstić information content (AvgIpc) is 3.90. The first-order valence-electron chi connectivity index (χ1n) is 22.5. The molecular weight excluding hydrogens is 775 g/mol. The van der Waals surface area contributed by atoms with Crippen LogP contribution in [0.2, 0.25) is 0 Å². The van der Waals surface area contributed by atoms with E-state index in [0.717, 1.165) is 38.9 Å². The Morgan fingerprint density at radius 2 is 0.797 bits per heavy atom. The van der Waals surface area contributed by atoms with Gasteiger partial charge in [-0.15, -0.1) is 0 Å². The zero-order valence-electron chi connectivity index (χ0n) is 36.4. The van der Waals surface area contributed by atoms with E-state index in [1.54, 1.807) is 0 Å². The Balaban J connectivity index is 0.961. The lowest BCUT2D eigenvalue weighted by Crippen LogP contribution is -2.18. The number of furan rings is 1. The van der Waals surface area contributed by atoms with Crippen molar-refractivity contribution in [3.05, 3.63) is 222 Å². The summed E-state index contributed by atoms with van der Waals surface area (Å²) in [4.78, 5) is 2.52. The second-order valence-electron chi connectivity index (χ2n) is 18.9. The number of benzene rings is 10. The van der Waals surface area contributed by atoms with Gasteiger partial charge in [-0.05, 0) is 144 Å². The van der Waals surface area contributed by atoms with Crippen LogP contribution in [0.4, 0.5) is 17.1 Å². The fraction of sp³-hybridized carbons (Fsp3) is 0.0968. The van der Waals surface area contributed by atoms with Crippen molar-refractivity contribution >= 4 is 60.5 Å². The molecule has 2 heteroatoms. The molecule has 0 saturated carbocycles. The van der Waals surface area contributed by atoms with Crippen molar-refractivity contribution in [3.8, 4) is 44.5 Å². The molecule has 0 radical (unpaired) electrons. The van der Waals surface area contributed by atoms with Crippen molar-refractivity contribution < 1.29 is 4.42 Å². The molecule has 0 bridgehead atoms. The van der Waals surface area contributed by atoms with Crippen LogP contribution < -0.4 is 4.90 Å². The Hall–Kier alpha value is -7.68. The van der Waals surface area contributed by atoms with E-state index in [1.807, 2.05) is 12.1 Å². The maximum Gasteiger partial charge on any atom is 0.136 e. The Labute approximate surface area is 373 Å². The van der Waals surface area contributed by atoms with E-state index in [1.165, 1.54) is 88.4 Å². The molecule has 1 heterocycles. The summed E-state index contributed by atoms with van der Waals surface area (Å²) in [7, 11) is 0. The van der Waals surface area contributed by atoms with Gasteiger partial charge < -0.3 is 9.32 Å². The van der Waals surface area contributed by atoms with E-state index < -0.39 is 0 Å². The van der Waals surface area contributed by atoms with Crippen molar-refractivity contribution in [3.63, 3.8) is 0 Å². The second-order valence-corrected chi connectivity index (χ2v) is 18.9. The van der Waals surface area contributed by atoms with Gasteiger partial charge in [-0.2, -0.15) is 0 Å². The quantitative estimate of drug-likeness (QED) is 0.161. The summed E-state index contributed by atoms with van der Waals surface area (Å²) < 4.78 is 6.33. The lowest BCUT2D eigenvalue weighted by atomic mass is 9.81. The van der Waals surface area contributed by atoms with Gasteiger partial charge in [-0.25, -0.2) is 0 Å². The van der Waals surface area contributed by atoms with Gasteiger partial charge in [0.15, 0.2) is 0 Å². The average molecular weight is 820 g/mol. The monoisotopic (exact) mass is 819 g/mol. The van der Waals surface area contributed by atoms with Crippen LogP contribution in [-0.2, 0) is 10.8 Å². The molecule has 0 unspecified atom stereocenters. The molecule has 0 spiro atoms. The molecule has 64 heavy (non-hydrogen) atoms. The van der Waals surface area contributed by atoms with Gasteiger partial charge in [0.05, 0.1) is 5.69 Å². The molecule has 304 valence electrons. The topological polar surface area (TPSA) is 16.4 Å². The summed E-state index contributed by atoms with van der Waals surface area (Å²) in [6.07, 6.45) is 0. The van der Waals surface area contributed by atoms with E-state index in [0.29, 0.717) is 0 Å². The van der Waals surface area contributed by atoms with E-state index >= 15 is 0 Å². The van der Waals surface area contributed by atoms with Crippen LogP contribution in [-0.4, -0.2) is 0 Å². The van der Waals surface area contributed by atoms with Crippen LogP contribution in [0.3, 0.4) is 0 Å². The molecular formula is C62H45NO. The molecule has 0 fully saturated rings. The molecule has 0 saturated heterocycles. The summed E-state index contributed by atoms with van der Waals surface area (Å²) in [5.74, 6) is 0. The zero-order valence-corrected chi connectivity index (χ0v) is 36.4. The minimum absolute atomic E-state index is 0.198. The first-order valence-corrected chi connectivity index (χ1v) is 22.5. The highest BCUT2D eigenvalue weighted by molar-refractivity contribution is 6.15. The Morgan fingerprint density at radius 1 is 0.328 bits per heavy atom. The molecule has 10 aromatic carbocycles. The van der Waals surface area contributed by atoms with Crippen LogP contribution >= 0.6 is 0 Å².